The lowest BCUT2D eigenvalue weighted by Gasteiger charge is -2.14. The largest absolute Gasteiger partial charge is 0.383 e. The number of nitrogens with one attached hydrogen (secondary N) is 3. The second kappa shape index (κ2) is 9.93. The third kappa shape index (κ3) is 6.20. The van der Waals surface area contributed by atoms with E-state index in [9.17, 15) is 4.79 Å². The normalized spacial score (nSPS) is 10.4. The average molecular weight is 348 g/mol. The van der Waals surface area contributed by atoms with E-state index in [2.05, 4.69) is 16.0 Å². The highest BCUT2D eigenvalue weighted by Crippen LogP contribution is 2.26. The van der Waals surface area contributed by atoms with Crippen LogP contribution in [0.1, 0.15) is 5.56 Å². The lowest BCUT2D eigenvalue weighted by atomic mass is 10.2. The molecule has 0 saturated heterocycles. The summed E-state index contributed by atoms with van der Waals surface area (Å²) in [6, 6.07) is 15.4. The molecule has 0 spiro atoms. The molecule has 0 aromatic heterocycles. The molecule has 1 amide bonds. The molecular formula is C18H22ClN3O2. The van der Waals surface area contributed by atoms with Gasteiger partial charge in [-0.25, -0.2) is 0 Å². The van der Waals surface area contributed by atoms with Gasteiger partial charge in [-0.2, -0.15) is 0 Å². The van der Waals surface area contributed by atoms with Gasteiger partial charge in [-0.1, -0.05) is 41.9 Å². The highest BCUT2D eigenvalue weighted by Gasteiger charge is 2.08. The van der Waals surface area contributed by atoms with Crippen molar-refractivity contribution < 1.29 is 9.53 Å². The van der Waals surface area contributed by atoms with Gasteiger partial charge in [0.25, 0.3) is 0 Å². The summed E-state index contributed by atoms with van der Waals surface area (Å²) in [7, 11) is 1.62. The van der Waals surface area contributed by atoms with E-state index in [4.69, 9.17) is 16.3 Å². The third-order valence-electron chi connectivity index (χ3n) is 3.35. The zero-order valence-corrected chi connectivity index (χ0v) is 14.4. The number of hydrogen-bond donors (Lipinski definition) is 3. The molecule has 6 heteroatoms. The molecule has 0 saturated carbocycles. The molecule has 2 aromatic carbocycles. The predicted molar refractivity (Wildman–Crippen MR) is 98.6 cm³/mol. The van der Waals surface area contributed by atoms with Crippen molar-refractivity contribution in [3.8, 4) is 0 Å². The first-order chi connectivity index (χ1) is 11.7. The molecule has 0 aliphatic heterocycles. The fourth-order valence-electron chi connectivity index (χ4n) is 2.14. The lowest BCUT2D eigenvalue weighted by Crippen LogP contribution is -2.30. The Morgan fingerprint density at radius 2 is 1.92 bits per heavy atom. The lowest BCUT2D eigenvalue weighted by molar-refractivity contribution is -0.115. The average Bonchev–Trinajstić information content (AvgIpc) is 2.59. The maximum atomic E-state index is 12.0. The van der Waals surface area contributed by atoms with Gasteiger partial charge >= 0.3 is 0 Å². The Bertz CT molecular complexity index is 650. The van der Waals surface area contributed by atoms with Crippen molar-refractivity contribution in [2.24, 2.45) is 0 Å². The number of carbonyl (C=O) groups excluding carboxylic acids is 1. The van der Waals surface area contributed by atoms with Crippen molar-refractivity contribution in [3.63, 3.8) is 0 Å². The number of ether oxygens (including phenoxy) is 1. The SMILES string of the molecule is COCCNCC(=O)Nc1cc(Cl)ccc1NCc1ccccc1. The van der Waals surface area contributed by atoms with Gasteiger partial charge in [-0.05, 0) is 23.8 Å². The van der Waals surface area contributed by atoms with Crippen molar-refractivity contribution in [3.05, 3.63) is 59.1 Å². The summed E-state index contributed by atoms with van der Waals surface area (Å²) >= 11 is 6.05. The monoisotopic (exact) mass is 347 g/mol. The Morgan fingerprint density at radius 1 is 1.12 bits per heavy atom. The van der Waals surface area contributed by atoms with Crippen molar-refractivity contribution in [1.82, 2.24) is 5.32 Å². The Morgan fingerprint density at radius 3 is 2.67 bits per heavy atom. The number of halogens is 1. The number of benzene rings is 2. The highest BCUT2D eigenvalue weighted by molar-refractivity contribution is 6.31. The van der Waals surface area contributed by atoms with Crippen LogP contribution in [0.2, 0.25) is 5.02 Å². The molecule has 0 bridgehead atoms. The molecule has 2 aromatic rings. The first-order valence-electron chi connectivity index (χ1n) is 7.76. The molecule has 128 valence electrons. The summed E-state index contributed by atoms with van der Waals surface area (Å²) in [5.41, 5.74) is 2.65. The van der Waals surface area contributed by atoms with Crippen LogP contribution in [0.5, 0.6) is 0 Å². The van der Waals surface area contributed by atoms with Crippen molar-refractivity contribution >= 4 is 28.9 Å². The van der Waals surface area contributed by atoms with Crippen LogP contribution in [0.4, 0.5) is 11.4 Å². The second-order valence-corrected chi connectivity index (χ2v) is 5.68. The topological polar surface area (TPSA) is 62.4 Å². The third-order valence-corrected chi connectivity index (χ3v) is 3.59. The second-order valence-electron chi connectivity index (χ2n) is 5.25. The van der Waals surface area contributed by atoms with Gasteiger partial charge < -0.3 is 20.7 Å². The van der Waals surface area contributed by atoms with Crippen molar-refractivity contribution in [2.45, 2.75) is 6.54 Å². The first kappa shape index (κ1) is 18.3. The number of carbonyl (C=O) groups is 1. The van der Waals surface area contributed by atoms with Gasteiger partial charge in [0.2, 0.25) is 5.91 Å². The fraction of sp³-hybridized carbons (Fsp3) is 0.278. The number of anilines is 2. The molecule has 0 aliphatic rings. The summed E-state index contributed by atoms with van der Waals surface area (Å²) in [6.07, 6.45) is 0. The summed E-state index contributed by atoms with van der Waals surface area (Å²) in [6.45, 7) is 2.07. The highest BCUT2D eigenvalue weighted by atomic mass is 35.5. The molecule has 5 nitrogen and oxygen atoms in total. The van der Waals surface area contributed by atoms with Crippen LogP contribution in [0.25, 0.3) is 0 Å². The zero-order chi connectivity index (χ0) is 17.2. The number of rotatable bonds is 9. The van der Waals surface area contributed by atoms with E-state index in [0.717, 1.165) is 11.3 Å². The minimum atomic E-state index is -0.129. The quantitative estimate of drug-likeness (QED) is 0.610. The van der Waals surface area contributed by atoms with Crippen LogP contribution >= 0.6 is 11.6 Å². The Labute approximate surface area is 147 Å². The van der Waals surface area contributed by atoms with E-state index in [1.165, 1.54) is 0 Å². The van der Waals surface area contributed by atoms with E-state index in [-0.39, 0.29) is 12.5 Å². The van der Waals surface area contributed by atoms with Gasteiger partial charge in [0.1, 0.15) is 0 Å². The predicted octanol–water partition coefficient (Wildman–Crippen LogP) is 3.13. The zero-order valence-electron chi connectivity index (χ0n) is 13.6. The maximum absolute atomic E-state index is 12.0. The molecule has 0 radical (unpaired) electrons. The summed E-state index contributed by atoms with van der Waals surface area (Å²) in [5, 5.41) is 9.78. The van der Waals surface area contributed by atoms with Gasteiger partial charge in [-0.15, -0.1) is 0 Å². The van der Waals surface area contributed by atoms with Gasteiger partial charge in [-0.3, -0.25) is 4.79 Å². The number of hydrogen-bond acceptors (Lipinski definition) is 4. The molecule has 0 heterocycles. The smallest absolute Gasteiger partial charge is 0.238 e. The fourth-order valence-corrected chi connectivity index (χ4v) is 2.31. The molecular weight excluding hydrogens is 326 g/mol. The van der Waals surface area contributed by atoms with E-state index >= 15 is 0 Å². The maximum Gasteiger partial charge on any atom is 0.238 e. The Balaban J connectivity index is 1.95. The standard InChI is InChI=1S/C18H22ClN3O2/c1-24-10-9-20-13-18(23)22-17-11-15(19)7-8-16(17)21-12-14-5-3-2-4-6-14/h2-8,11,20-21H,9-10,12-13H2,1H3,(H,22,23). The van der Waals surface area contributed by atoms with Crippen LogP contribution in [0.15, 0.2) is 48.5 Å². The molecule has 2 rings (SSSR count). The molecule has 0 unspecified atom stereocenters. The molecule has 3 N–H and O–H groups in total. The van der Waals surface area contributed by atoms with Gasteiger partial charge in [0.05, 0.1) is 24.5 Å². The van der Waals surface area contributed by atoms with E-state index in [1.54, 1.807) is 19.2 Å². The number of methoxy groups -OCH3 is 1. The van der Waals surface area contributed by atoms with Crippen LogP contribution in [0.3, 0.4) is 0 Å². The summed E-state index contributed by atoms with van der Waals surface area (Å²) < 4.78 is 4.93. The molecule has 0 atom stereocenters. The van der Waals surface area contributed by atoms with Gasteiger partial charge in [0.15, 0.2) is 0 Å². The summed E-state index contributed by atoms with van der Waals surface area (Å²) in [4.78, 5) is 12.0. The van der Waals surface area contributed by atoms with E-state index in [0.29, 0.717) is 30.4 Å². The minimum absolute atomic E-state index is 0.129. The molecule has 24 heavy (non-hydrogen) atoms. The van der Waals surface area contributed by atoms with Crippen molar-refractivity contribution in [2.75, 3.05) is 37.4 Å². The minimum Gasteiger partial charge on any atom is -0.383 e. The Hall–Kier alpha value is -2.08. The number of amides is 1. The van der Waals surface area contributed by atoms with E-state index < -0.39 is 0 Å². The first-order valence-corrected chi connectivity index (χ1v) is 8.13. The molecule has 0 aliphatic carbocycles. The van der Waals surface area contributed by atoms with Crippen LogP contribution in [0, 0.1) is 0 Å². The van der Waals surface area contributed by atoms with Crippen LogP contribution < -0.4 is 16.0 Å². The Kier molecular flexibility index (Phi) is 7.55. The molecule has 0 fully saturated rings. The van der Waals surface area contributed by atoms with E-state index in [1.807, 2.05) is 36.4 Å². The summed E-state index contributed by atoms with van der Waals surface area (Å²) in [5.74, 6) is -0.129. The van der Waals surface area contributed by atoms with Crippen LogP contribution in [-0.2, 0) is 16.1 Å². The van der Waals surface area contributed by atoms with Crippen molar-refractivity contribution in [1.29, 1.82) is 0 Å². The van der Waals surface area contributed by atoms with Crippen LogP contribution in [-0.4, -0.2) is 32.7 Å². The van der Waals surface area contributed by atoms with Gasteiger partial charge in [0, 0.05) is 25.2 Å².